The Morgan fingerprint density at radius 2 is 1.58 bits per heavy atom. The van der Waals surface area contributed by atoms with Crippen molar-refractivity contribution in [3.63, 3.8) is 0 Å². The second-order valence-corrected chi connectivity index (χ2v) is 4.78. The van der Waals surface area contributed by atoms with Crippen LogP contribution in [0.1, 0.15) is 22.7 Å². The molecule has 19 heavy (non-hydrogen) atoms. The van der Waals surface area contributed by atoms with Crippen molar-refractivity contribution in [3.05, 3.63) is 65.2 Å². The van der Waals surface area contributed by atoms with E-state index >= 15 is 0 Å². The van der Waals surface area contributed by atoms with Crippen LogP contribution in [-0.4, -0.2) is 13.7 Å². The van der Waals surface area contributed by atoms with Gasteiger partial charge in [0.25, 0.3) is 0 Å². The molecule has 1 N–H and O–H groups in total. The van der Waals surface area contributed by atoms with Gasteiger partial charge in [0, 0.05) is 0 Å². The maximum atomic E-state index is 6.01. The molecule has 0 aliphatic heterocycles. The van der Waals surface area contributed by atoms with Gasteiger partial charge in [-0.1, -0.05) is 48.5 Å². The molecule has 1 atom stereocenters. The first-order chi connectivity index (χ1) is 9.22. The molecule has 0 aromatic heterocycles. The number of rotatable bonds is 5. The smallest absolute Gasteiger partial charge is 0.125 e. The normalized spacial score (nSPS) is 12.2. The zero-order chi connectivity index (χ0) is 13.7. The van der Waals surface area contributed by atoms with Gasteiger partial charge in [-0.25, -0.2) is 0 Å². The Kier molecular flexibility index (Phi) is 4.58. The van der Waals surface area contributed by atoms with Crippen LogP contribution in [0, 0.1) is 13.8 Å². The van der Waals surface area contributed by atoms with Crippen LogP contribution in [0.15, 0.2) is 48.5 Å². The zero-order valence-electron chi connectivity index (χ0n) is 11.8. The molecule has 2 rings (SSSR count). The minimum atomic E-state index is 0.209. The summed E-state index contributed by atoms with van der Waals surface area (Å²) in [7, 11) is 1.96. The Labute approximate surface area is 115 Å². The standard InChI is InChI=1S/C17H21NO/c1-13-8-7-9-14(2)17(13)19-12-16(18-3)15-10-5-4-6-11-15/h4-11,16,18H,12H2,1-3H3. The van der Waals surface area contributed by atoms with Gasteiger partial charge >= 0.3 is 0 Å². The molecule has 2 heteroatoms. The van der Waals surface area contributed by atoms with Crippen molar-refractivity contribution in [2.24, 2.45) is 0 Å². The van der Waals surface area contributed by atoms with Gasteiger partial charge in [-0.15, -0.1) is 0 Å². The first kappa shape index (κ1) is 13.6. The molecule has 0 amide bonds. The Balaban J connectivity index is 2.09. The number of hydrogen-bond acceptors (Lipinski definition) is 2. The molecule has 0 fully saturated rings. The highest BCUT2D eigenvalue weighted by molar-refractivity contribution is 5.39. The second kappa shape index (κ2) is 6.39. The Hall–Kier alpha value is -1.80. The van der Waals surface area contributed by atoms with Gasteiger partial charge in [0.15, 0.2) is 0 Å². The van der Waals surface area contributed by atoms with Crippen molar-refractivity contribution < 1.29 is 4.74 Å². The summed E-state index contributed by atoms with van der Waals surface area (Å²) >= 11 is 0. The van der Waals surface area contributed by atoms with Gasteiger partial charge in [-0.05, 0) is 37.6 Å². The Bertz CT molecular complexity index is 502. The Morgan fingerprint density at radius 3 is 2.16 bits per heavy atom. The van der Waals surface area contributed by atoms with Crippen LogP contribution in [-0.2, 0) is 0 Å². The fraction of sp³-hybridized carbons (Fsp3) is 0.294. The minimum Gasteiger partial charge on any atom is -0.491 e. The summed E-state index contributed by atoms with van der Waals surface area (Å²) in [6, 6.07) is 16.8. The largest absolute Gasteiger partial charge is 0.491 e. The van der Waals surface area contributed by atoms with E-state index in [9.17, 15) is 0 Å². The van der Waals surface area contributed by atoms with Gasteiger partial charge in [0.2, 0.25) is 0 Å². The monoisotopic (exact) mass is 255 g/mol. The van der Waals surface area contributed by atoms with Gasteiger partial charge in [0.05, 0.1) is 6.04 Å². The molecule has 1 unspecified atom stereocenters. The highest BCUT2D eigenvalue weighted by atomic mass is 16.5. The molecular formula is C17H21NO. The summed E-state index contributed by atoms with van der Waals surface area (Å²) in [5, 5.41) is 3.30. The average Bonchev–Trinajstić information content (AvgIpc) is 2.43. The average molecular weight is 255 g/mol. The van der Waals surface area contributed by atoms with E-state index in [0.29, 0.717) is 6.61 Å². The van der Waals surface area contributed by atoms with Crippen LogP contribution in [0.25, 0.3) is 0 Å². The predicted molar refractivity (Wildman–Crippen MR) is 79.7 cm³/mol. The van der Waals surface area contributed by atoms with Crippen molar-refractivity contribution >= 4 is 0 Å². The second-order valence-electron chi connectivity index (χ2n) is 4.78. The highest BCUT2D eigenvalue weighted by Crippen LogP contribution is 2.24. The molecule has 0 aliphatic carbocycles. The predicted octanol–water partition coefficient (Wildman–Crippen LogP) is 3.64. The van der Waals surface area contributed by atoms with Crippen LogP contribution in [0.5, 0.6) is 5.75 Å². The lowest BCUT2D eigenvalue weighted by atomic mass is 10.1. The molecule has 2 nitrogen and oxygen atoms in total. The maximum Gasteiger partial charge on any atom is 0.125 e. The van der Waals surface area contributed by atoms with Crippen molar-refractivity contribution in [2.45, 2.75) is 19.9 Å². The molecule has 100 valence electrons. The lowest BCUT2D eigenvalue weighted by molar-refractivity contribution is 0.270. The SMILES string of the molecule is CNC(COc1c(C)cccc1C)c1ccccc1. The molecule has 0 saturated carbocycles. The molecule has 0 saturated heterocycles. The van der Waals surface area contributed by atoms with Crippen molar-refractivity contribution in [2.75, 3.05) is 13.7 Å². The lowest BCUT2D eigenvalue weighted by Gasteiger charge is -2.19. The van der Waals surface area contributed by atoms with E-state index in [1.165, 1.54) is 16.7 Å². The fourth-order valence-corrected chi connectivity index (χ4v) is 2.23. The number of para-hydroxylation sites is 1. The molecule has 0 spiro atoms. The fourth-order valence-electron chi connectivity index (χ4n) is 2.23. The third-order valence-corrected chi connectivity index (χ3v) is 3.35. The molecular weight excluding hydrogens is 234 g/mol. The molecule has 2 aromatic rings. The summed E-state index contributed by atoms with van der Waals surface area (Å²) in [6.45, 7) is 4.80. The van der Waals surface area contributed by atoms with Crippen LogP contribution >= 0.6 is 0 Å². The molecule has 0 bridgehead atoms. The molecule has 0 heterocycles. The lowest BCUT2D eigenvalue weighted by Crippen LogP contribution is -2.23. The number of ether oxygens (including phenoxy) is 1. The summed E-state index contributed by atoms with van der Waals surface area (Å²) in [4.78, 5) is 0. The maximum absolute atomic E-state index is 6.01. The number of nitrogens with one attached hydrogen (secondary N) is 1. The topological polar surface area (TPSA) is 21.3 Å². The van der Waals surface area contributed by atoms with E-state index in [1.54, 1.807) is 0 Å². The van der Waals surface area contributed by atoms with Crippen LogP contribution in [0.3, 0.4) is 0 Å². The minimum absolute atomic E-state index is 0.209. The number of benzene rings is 2. The molecule has 0 aliphatic rings. The first-order valence-corrected chi connectivity index (χ1v) is 6.63. The van der Waals surface area contributed by atoms with Crippen LogP contribution < -0.4 is 10.1 Å². The Morgan fingerprint density at radius 1 is 0.947 bits per heavy atom. The molecule has 0 radical (unpaired) electrons. The third-order valence-electron chi connectivity index (χ3n) is 3.35. The van der Waals surface area contributed by atoms with Crippen molar-refractivity contribution in [1.82, 2.24) is 5.32 Å². The highest BCUT2D eigenvalue weighted by Gasteiger charge is 2.11. The number of aryl methyl sites for hydroxylation is 2. The van der Waals surface area contributed by atoms with E-state index < -0.39 is 0 Å². The summed E-state index contributed by atoms with van der Waals surface area (Å²) in [6.07, 6.45) is 0. The van der Waals surface area contributed by atoms with Gasteiger partial charge in [-0.3, -0.25) is 0 Å². The molecule has 2 aromatic carbocycles. The van der Waals surface area contributed by atoms with Crippen molar-refractivity contribution in [1.29, 1.82) is 0 Å². The van der Waals surface area contributed by atoms with Gasteiger partial charge in [0.1, 0.15) is 12.4 Å². The van der Waals surface area contributed by atoms with E-state index in [-0.39, 0.29) is 6.04 Å². The zero-order valence-corrected chi connectivity index (χ0v) is 11.8. The first-order valence-electron chi connectivity index (χ1n) is 6.63. The van der Waals surface area contributed by atoms with Gasteiger partial charge in [-0.2, -0.15) is 0 Å². The quantitative estimate of drug-likeness (QED) is 0.880. The third kappa shape index (κ3) is 3.36. The summed E-state index contributed by atoms with van der Waals surface area (Å²) in [5.41, 5.74) is 3.61. The van der Waals surface area contributed by atoms with Gasteiger partial charge < -0.3 is 10.1 Å². The van der Waals surface area contributed by atoms with Crippen molar-refractivity contribution in [3.8, 4) is 5.75 Å². The van der Waals surface area contributed by atoms with E-state index in [1.807, 2.05) is 13.1 Å². The van der Waals surface area contributed by atoms with E-state index in [2.05, 4.69) is 61.6 Å². The van der Waals surface area contributed by atoms with Crippen LogP contribution in [0.2, 0.25) is 0 Å². The summed E-state index contributed by atoms with van der Waals surface area (Å²) < 4.78 is 6.01. The summed E-state index contributed by atoms with van der Waals surface area (Å²) in [5.74, 6) is 0.999. The number of hydrogen-bond donors (Lipinski definition) is 1. The van der Waals surface area contributed by atoms with E-state index in [4.69, 9.17) is 4.74 Å². The van der Waals surface area contributed by atoms with Crippen LogP contribution in [0.4, 0.5) is 0 Å². The van der Waals surface area contributed by atoms with E-state index in [0.717, 1.165) is 5.75 Å². The number of likely N-dealkylation sites (N-methyl/N-ethyl adjacent to an activating group) is 1.